The van der Waals surface area contributed by atoms with Gasteiger partial charge in [-0.25, -0.2) is 4.79 Å². The predicted molar refractivity (Wildman–Crippen MR) is 168 cm³/mol. The van der Waals surface area contributed by atoms with E-state index in [0.717, 1.165) is 6.08 Å². The molecule has 2 atom stereocenters. The number of alkyl halides is 17. The van der Waals surface area contributed by atoms with Crippen molar-refractivity contribution in [3.63, 3.8) is 0 Å². The largest absolute Gasteiger partial charge is 0.491 e. The maximum Gasteiger partial charge on any atom is 0.460 e. The Morgan fingerprint density at radius 3 is 1.59 bits per heavy atom. The molecular formula is C33H39F17O5Si. The lowest BCUT2D eigenvalue weighted by Gasteiger charge is -2.44. The molecule has 0 aliphatic rings. The minimum Gasteiger partial charge on any atom is -0.491 e. The molecule has 0 saturated carbocycles. The van der Waals surface area contributed by atoms with Crippen molar-refractivity contribution in [2.24, 2.45) is 5.92 Å². The number of benzene rings is 1. The molecular weight excluding hydrogens is 827 g/mol. The zero-order valence-electron chi connectivity index (χ0n) is 30.1. The number of esters is 1. The first-order valence-corrected chi connectivity index (χ1v) is 18.6. The van der Waals surface area contributed by atoms with E-state index in [2.05, 4.69) is 6.58 Å². The predicted octanol–water partition coefficient (Wildman–Crippen LogP) is 11.2. The van der Waals surface area contributed by atoms with E-state index >= 15 is 0 Å². The second-order valence-corrected chi connectivity index (χ2v) is 18.3. The lowest BCUT2D eigenvalue weighted by Crippen LogP contribution is -2.74. The first kappa shape index (κ1) is 50.9. The van der Waals surface area contributed by atoms with Crippen LogP contribution >= 0.6 is 0 Å². The van der Waals surface area contributed by atoms with Gasteiger partial charge in [-0.1, -0.05) is 65.5 Å². The van der Waals surface area contributed by atoms with E-state index in [9.17, 15) is 84.5 Å². The second-order valence-electron chi connectivity index (χ2n) is 13.3. The minimum atomic E-state index is -8.68. The van der Waals surface area contributed by atoms with Crippen LogP contribution in [0, 0.1) is 5.92 Å². The van der Waals surface area contributed by atoms with Gasteiger partial charge in [-0.3, -0.25) is 0 Å². The highest BCUT2D eigenvalue weighted by Gasteiger charge is 2.95. The van der Waals surface area contributed by atoms with Crippen LogP contribution in [-0.2, 0) is 14.0 Å². The van der Waals surface area contributed by atoms with Crippen LogP contribution in [0.2, 0.25) is 17.1 Å². The lowest BCUT2D eigenvalue weighted by molar-refractivity contribution is -0.461. The third kappa shape index (κ3) is 9.78. The quantitative estimate of drug-likeness (QED) is 0.0314. The van der Waals surface area contributed by atoms with Crippen LogP contribution in [0.1, 0.15) is 52.7 Å². The standard InChI is InChI=1S/C33H39F17O5Si/c1-7-15-54-24(51)13-8-21(6)25(52)22-9-11-23(12-10-22)53-16-17-55-56(19(2)3,20(4)5)18-14-26(34,35)27(36,37)28(38,39)29(40,41)30(42,43)31(44,45)32(46,47)33(48,49)50/h7-13,19-21,25,52H,1,14-18H2,2-6H3/b13-8+/t21-,25+/m1/s1. The minimum absolute atomic E-state index is 0.0273. The van der Waals surface area contributed by atoms with E-state index in [-0.39, 0.29) is 19.0 Å². The van der Waals surface area contributed by atoms with Crippen molar-refractivity contribution in [2.75, 3.05) is 19.8 Å². The van der Waals surface area contributed by atoms with E-state index in [1.54, 1.807) is 6.92 Å². The van der Waals surface area contributed by atoms with Crippen molar-refractivity contribution >= 4 is 14.3 Å². The number of aliphatic hydroxyl groups is 1. The Morgan fingerprint density at radius 1 is 0.714 bits per heavy atom. The van der Waals surface area contributed by atoms with E-state index in [1.165, 1.54) is 64.1 Å². The number of aliphatic hydroxyl groups excluding tert-OH is 1. The number of hydrogen-bond acceptors (Lipinski definition) is 5. The summed E-state index contributed by atoms with van der Waals surface area (Å²) in [6.07, 6.45) is -7.63. The Labute approximate surface area is 311 Å². The molecule has 5 nitrogen and oxygen atoms in total. The van der Waals surface area contributed by atoms with Crippen LogP contribution < -0.4 is 4.74 Å². The van der Waals surface area contributed by atoms with Gasteiger partial charge in [-0.2, -0.15) is 74.6 Å². The number of carbonyl (C=O) groups is 1. The topological polar surface area (TPSA) is 65.0 Å². The van der Waals surface area contributed by atoms with Crippen molar-refractivity contribution in [3.8, 4) is 5.75 Å². The molecule has 0 spiro atoms. The van der Waals surface area contributed by atoms with Crippen LogP contribution in [0.25, 0.3) is 0 Å². The van der Waals surface area contributed by atoms with Crippen molar-refractivity contribution < 1.29 is 98.4 Å². The molecule has 1 rings (SSSR count). The average Bonchev–Trinajstić information content (AvgIpc) is 3.07. The molecule has 1 aromatic rings. The van der Waals surface area contributed by atoms with E-state index < -0.39 is 104 Å². The zero-order chi connectivity index (χ0) is 44.1. The summed E-state index contributed by atoms with van der Waals surface area (Å²) in [4.78, 5) is 11.6. The molecule has 0 aliphatic heterocycles. The molecule has 1 aromatic carbocycles. The summed E-state index contributed by atoms with van der Waals surface area (Å²) in [6, 6.07) is 4.32. The smallest absolute Gasteiger partial charge is 0.460 e. The highest BCUT2D eigenvalue weighted by Crippen LogP contribution is 2.64. The summed E-state index contributed by atoms with van der Waals surface area (Å²) in [5.41, 5.74) is -1.35. The van der Waals surface area contributed by atoms with Gasteiger partial charge < -0.3 is 19.0 Å². The number of hydrogen-bond donors (Lipinski definition) is 1. The summed E-state index contributed by atoms with van der Waals surface area (Å²) < 4.78 is 250. The summed E-state index contributed by atoms with van der Waals surface area (Å²) in [6.45, 7) is 9.35. The van der Waals surface area contributed by atoms with Crippen molar-refractivity contribution in [3.05, 3.63) is 54.6 Å². The fraction of sp³-hybridized carbons (Fsp3) is 0.667. The van der Waals surface area contributed by atoms with E-state index in [0.29, 0.717) is 5.56 Å². The van der Waals surface area contributed by atoms with Crippen LogP contribution in [0.5, 0.6) is 5.75 Å². The summed E-state index contributed by atoms with van der Waals surface area (Å²) >= 11 is 0. The molecule has 324 valence electrons. The molecule has 0 radical (unpaired) electrons. The van der Waals surface area contributed by atoms with E-state index in [4.69, 9.17) is 13.9 Å². The summed E-state index contributed by atoms with van der Waals surface area (Å²) in [5.74, 6) is -57.8. The molecule has 0 fully saturated rings. The normalized spacial score (nSPS) is 15.7. The number of carbonyl (C=O) groups excluding carboxylic acids is 1. The third-order valence-corrected chi connectivity index (χ3v) is 14.6. The average molecular weight is 867 g/mol. The van der Waals surface area contributed by atoms with Crippen molar-refractivity contribution in [1.29, 1.82) is 0 Å². The van der Waals surface area contributed by atoms with Crippen LogP contribution in [-0.4, -0.2) is 86.8 Å². The Bertz CT molecular complexity index is 1470. The zero-order valence-corrected chi connectivity index (χ0v) is 31.1. The van der Waals surface area contributed by atoms with Crippen LogP contribution in [0.4, 0.5) is 74.6 Å². The van der Waals surface area contributed by atoms with Gasteiger partial charge in [0.2, 0.25) is 0 Å². The van der Waals surface area contributed by atoms with Gasteiger partial charge in [0.05, 0.1) is 12.7 Å². The molecule has 0 aliphatic carbocycles. The van der Waals surface area contributed by atoms with Gasteiger partial charge in [0.15, 0.2) is 8.32 Å². The second kappa shape index (κ2) is 17.8. The maximum absolute atomic E-state index is 14.8. The molecule has 0 bridgehead atoms. The number of ether oxygens (including phenoxy) is 2. The monoisotopic (exact) mass is 866 g/mol. The van der Waals surface area contributed by atoms with Crippen molar-refractivity contribution in [1.82, 2.24) is 0 Å². The number of halogens is 17. The molecule has 0 amide bonds. The van der Waals surface area contributed by atoms with Gasteiger partial charge in [-0.15, -0.1) is 0 Å². The Balaban J connectivity index is 3.19. The summed E-state index contributed by atoms with van der Waals surface area (Å²) in [5, 5.41) is 10.6. The van der Waals surface area contributed by atoms with Gasteiger partial charge in [0.1, 0.15) is 19.0 Å². The fourth-order valence-corrected chi connectivity index (χ4v) is 9.80. The fourth-order valence-electron chi connectivity index (χ4n) is 5.34. The van der Waals surface area contributed by atoms with Gasteiger partial charge in [0.25, 0.3) is 0 Å². The SMILES string of the molecule is C=CCOC(=O)/C=C/[C@@H](C)[C@H](O)c1ccc(OCCO[Si](CCC(F)(F)C(F)(F)C(F)(F)C(F)(F)C(F)(F)C(F)(F)C(F)(F)C(F)(F)F)(C(C)C)C(C)C)cc1. The van der Waals surface area contributed by atoms with Gasteiger partial charge >= 0.3 is 53.6 Å². The first-order valence-electron chi connectivity index (χ1n) is 16.3. The molecule has 0 saturated heterocycles. The molecule has 0 unspecified atom stereocenters. The van der Waals surface area contributed by atoms with Crippen LogP contribution in [0.3, 0.4) is 0 Å². The molecule has 23 heteroatoms. The van der Waals surface area contributed by atoms with Crippen LogP contribution in [0.15, 0.2) is 49.1 Å². The maximum atomic E-state index is 14.8. The van der Waals surface area contributed by atoms with E-state index in [1.807, 2.05) is 0 Å². The Kier molecular flexibility index (Phi) is 16.2. The molecule has 0 aromatic heterocycles. The number of rotatable bonds is 22. The first-order chi connectivity index (χ1) is 25.1. The van der Waals surface area contributed by atoms with Crippen molar-refractivity contribution in [2.45, 2.75) is 112 Å². The molecule has 1 N–H and O–H groups in total. The Morgan fingerprint density at radius 2 is 1.16 bits per heavy atom. The molecule has 0 heterocycles. The highest BCUT2D eigenvalue weighted by atomic mass is 28.4. The lowest BCUT2D eigenvalue weighted by atomic mass is 9.88. The van der Waals surface area contributed by atoms with Gasteiger partial charge in [-0.05, 0) is 34.8 Å². The third-order valence-electron chi connectivity index (χ3n) is 8.89. The highest BCUT2D eigenvalue weighted by molar-refractivity contribution is 6.76. The molecule has 56 heavy (non-hydrogen) atoms. The summed E-state index contributed by atoms with van der Waals surface area (Å²) in [7, 11) is -3.95. The Hall–Kier alpha value is -3.08. The van der Waals surface area contributed by atoms with Gasteiger partial charge in [0, 0.05) is 18.4 Å².